The van der Waals surface area contributed by atoms with Gasteiger partial charge in [-0.15, -0.1) is 0 Å². The van der Waals surface area contributed by atoms with E-state index in [1.165, 1.54) is 12.1 Å². The third-order valence-electron chi connectivity index (χ3n) is 2.33. The highest BCUT2D eigenvalue weighted by Crippen LogP contribution is 2.19. The molecule has 0 fully saturated rings. The fraction of sp³-hybridized carbons (Fsp3) is 0.455. The summed E-state index contributed by atoms with van der Waals surface area (Å²) >= 11 is 0. The largest absolute Gasteiger partial charge is 0.387 e. The highest BCUT2D eigenvalue weighted by atomic mass is 19.1. The maximum Gasteiger partial charge on any atom is 0.123 e. The zero-order chi connectivity index (χ0) is 10.7. The molecule has 0 aliphatic carbocycles. The van der Waals surface area contributed by atoms with Crippen molar-refractivity contribution in [2.24, 2.45) is 0 Å². The molecule has 0 aliphatic rings. The van der Waals surface area contributed by atoms with Gasteiger partial charge in [0.2, 0.25) is 0 Å². The monoisotopic (exact) mass is 197 g/mol. The third kappa shape index (κ3) is 2.53. The van der Waals surface area contributed by atoms with Crippen LogP contribution in [0.4, 0.5) is 4.39 Å². The Morgan fingerprint density at radius 2 is 2.00 bits per heavy atom. The Labute approximate surface area is 83.8 Å². The summed E-state index contributed by atoms with van der Waals surface area (Å²) in [5, 5.41) is 12.7. The predicted molar refractivity (Wildman–Crippen MR) is 54.6 cm³/mol. The molecule has 0 heterocycles. The van der Waals surface area contributed by atoms with Crippen LogP contribution in [0, 0.1) is 12.7 Å². The number of aliphatic hydroxyl groups is 1. The molecule has 1 unspecified atom stereocenters. The van der Waals surface area contributed by atoms with Gasteiger partial charge in [0.1, 0.15) is 5.82 Å². The Kier molecular flexibility index (Phi) is 3.61. The number of rotatable bonds is 3. The van der Waals surface area contributed by atoms with Crippen LogP contribution in [-0.4, -0.2) is 18.2 Å². The van der Waals surface area contributed by atoms with Crippen LogP contribution in [0.15, 0.2) is 18.2 Å². The second kappa shape index (κ2) is 4.53. The minimum atomic E-state index is -0.672. The second-order valence-electron chi connectivity index (χ2n) is 3.58. The van der Waals surface area contributed by atoms with Gasteiger partial charge in [-0.25, -0.2) is 4.39 Å². The van der Waals surface area contributed by atoms with Gasteiger partial charge in [0.15, 0.2) is 0 Å². The Balaban J connectivity index is 2.94. The van der Waals surface area contributed by atoms with Gasteiger partial charge in [-0.05, 0) is 44.2 Å². The lowest BCUT2D eigenvalue weighted by molar-refractivity contribution is 0.139. The summed E-state index contributed by atoms with van der Waals surface area (Å²) in [4.78, 5) is 0. The highest BCUT2D eigenvalue weighted by molar-refractivity contribution is 5.26. The van der Waals surface area contributed by atoms with Crippen LogP contribution in [0.2, 0.25) is 0 Å². The molecule has 14 heavy (non-hydrogen) atoms. The number of benzene rings is 1. The molecular formula is C11H16FNO. The molecule has 0 bridgehead atoms. The van der Waals surface area contributed by atoms with Crippen molar-refractivity contribution in [1.82, 2.24) is 5.32 Å². The van der Waals surface area contributed by atoms with Crippen LogP contribution in [-0.2, 0) is 0 Å². The van der Waals surface area contributed by atoms with Crippen LogP contribution in [0.1, 0.15) is 24.2 Å². The molecule has 0 saturated heterocycles. The van der Waals surface area contributed by atoms with Crippen LogP contribution < -0.4 is 5.32 Å². The number of likely N-dealkylation sites (N-methyl/N-ethyl adjacent to an activating group) is 1. The minimum Gasteiger partial charge on any atom is -0.387 e. The summed E-state index contributed by atoms with van der Waals surface area (Å²) in [6.45, 7) is 3.66. The van der Waals surface area contributed by atoms with E-state index >= 15 is 0 Å². The zero-order valence-electron chi connectivity index (χ0n) is 8.71. The first-order valence-electron chi connectivity index (χ1n) is 4.67. The number of nitrogens with one attached hydrogen (secondary N) is 1. The minimum absolute atomic E-state index is 0.0869. The Hall–Kier alpha value is -0.930. The Morgan fingerprint density at radius 3 is 2.50 bits per heavy atom. The molecule has 2 nitrogen and oxygen atoms in total. The first-order chi connectivity index (χ1) is 6.54. The smallest absolute Gasteiger partial charge is 0.123 e. The van der Waals surface area contributed by atoms with E-state index in [4.69, 9.17) is 0 Å². The van der Waals surface area contributed by atoms with Gasteiger partial charge >= 0.3 is 0 Å². The average Bonchev–Trinajstić information content (AvgIpc) is 2.14. The van der Waals surface area contributed by atoms with Crippen LogP contribution >= 0.6 is 0 Å². The van der Waals surface area contributed by atoms with Crippen molar-refractivity contribution < 1.29 is 9.50 Å². The normalized spacial score (nSPS) is 15.2. The molecule has 1 rings (SSSR count). The van der Waals surface area contributed by atoms with Crippen molar-refractivity contribution in [3.63, 3.8) is 0 Å². The summed E-state index contributed by atoms with van der Waals surface area (Å²) in [5.74, 6) is -0.303. The van der Waals surface area contributed by atoms with Gasteiger partial charge in [0.05, 0.1) is 6.10 Å². The number of halogens is 1. The molecule has 0 aromatic heterocycles. The van der Waals surface area contributed by atoms with E-state index in [1.807, 2.05) is 13.8 Å². The van der Waals surface area contributed by atoms with Crippen molar-refractivity contribution in [1.29, 1.82) is 0 Å². The fourth-order valence-electron chi connectivity index (χ4n) is 1.38. The van der Waals surface area contributed by atoms with Gasteiger partial charge in [0.25, 0.3) is 0 Å². The SMILES string of the molecule is CN[C@@H](C)C(O)c1cc(C)cc(F)c1. The van der Waals surface area contributed by atoms with E-state index < -0.39 is 6.10 Å². The number of aliphatic hydroxyl groups excluding tert-OH is 1. The van der Waals surface area contributed by atoms with Crippen LogP contribution in [0.3, 0.4) is 0 Å². The van der Waals surface area contributed by atoms with E-state index in [2.05, 4.69) is 5.32 Å². The summed E-state index contributed by atoms with van der Waals surface area (Å²) in [6.07, 6.45) is -0.672. The van der Waals surface area contributed by atoms with E-state index in [-0.39, 0.29) is 11.9 Å². The predicted octanol–water partition coefficient (Wildman–Crippen LogP) is 1.78. The van der Waals surface area contributed by atoms with Gasteiger partial charge in [-0.2, -0.15) is 0 Å². The molecule has 1 aromatic rings. The lowest BCUT2D eigenvalue weighted by Crippen LogP contribution is -2.28. The van der Waals surface area contributed by atoms with Crippen molar-refractivity contribution >= 4 is 0 Å². The summed E-state index contributed by atoms with van der Waals surface area (Å²) in [7, 11) is 1.76. The second-order valence-corrected chi connectivity index (χ2v) is 3.58. The van der Waals surface area contributed by atoms with E-state index in [1.54, 1.807) is 13.1 Å². The lowest BCUT2D eigenvalue weighted by atomic mass is 10.0. The van der Waals surface area contributed by atoms with E-state index in [0.29, 0.717) is 5.56 Å². The van der Waals surface area contributed by atoms with Gasteiger partial charge in [0, 0.05) is 6.04 Å². The summed E-state index contributed by atoms with van der Waals surface area (Å²) in [5.41, 5.74) is 1.44. The van der Waals surface area contributed by atoms with Crippen molar-refractivity contribution in [2.45, 2.75) is 26.0 Å². The fourth-order valence-corrected chi connectivity index (χ4v) is 1.38. The van der Waals surface area contributed by atoms with Crippen LogP contribution in [0.5, 0.6) is 0 Å². The van der Waals surface area contributed by atoms with Crippen LogP contribution in [0.25, 0.3) is 0 Å². The van der Waals surface area contributed by atoms with Gasteiger partial charge in [-0.1, -0.05) is 6.07 Å². The van der Waals surface area contributed by atoms with Crippen molar-refractivity contribution in [2.75, 3.05) is 7.05 Å². The van der Waals surface area contributed by atoms with Crippen molar-refractivity contribution in [3.8, 4) is 0 Å². The third-order valence-corrected chi connectivity index (χ3v) is 2.33. The topological polar surface area (TPSA) is 32.3 Å². The first kappa shape index (κ1) is 11.1. The molecule has 78 valence electrons. The highest BCUT2D eigenvalue weighted by Gasteiger charge is 2.15. The Morgan fingerprint density at radius 1 is 1.36 bits per heavy atom. The molecule has 0 radical (unpaired) electrons. The lowest BCUT2D eigenvalue weighted by Gasteiger charge is -2.18. The average molecular weight is 197 g/mol. The quantitative estimate of drug-likeness (QED) is 0.774. The van der Waals surface area contributed by atoms with Gasteiger partial charge < -0.3 is 10.4 Å². The van der Waals surface area contributed by atoms with Crippen molar-refractivity contribution in [3.05, 3.63) is 35.1 Å². The summed E-state index contributed by atoms with van der Waals surface area (Å²) < 4.78 is 13.0. The molecule has 3 heteroatoms. The van der Waals surface area contributed by atoms with E-state index in [9.17, 15) is 9.50 Å². The molecular weight excluding hydrogens is 181 g/mol. The zero-order valence-corrected chi connectivity index (χ0v) is 8.71. The Bertz CT molecular complexity index is 294. The molecule has 2 atom stereocenters. The molecule has 0 spiro atoms. The van der Waals surface area contributed by atoms with Gasteiger partial charge in [-0.3, -0.25) is 0 Å². The molecule has 1 aromatic carbocycles. The first-order valence-corrected chi connectivity index (χ1v) is 4.67. The molecule has 0 saturated carbocycles. The van der Waals surface area contributed by atoms with E-state index in [0.717, 1.165) is 5.56 Å². The molecule has 0 aliphatic heterocycles. The maximum atomic E-state index is 13.0. The molecule has 2 N–H and O–H groups in total. The standard InChI is InChI=1S/C11H16FNO/c1-7-4-9(6-10(12)5-7)11(14)8(2)13-3/h4-6,8,11,13-14H,1-3H3/t8-,11?/m0/s1. The number of hydrogen-bond donors (Lipinski definition) is 2. The molecule has 0 amide bonds. The summed E-state index contributed by atoms with van der Waals surface area (Å²) in [6, 6.07) is 4.52. The number of hydrogen-bond acceptors (Lipinski definition) is 2. The maximum absolute atomic E-state index is 13.0. The number of aryl methyl sites for hydroxylation is 1.